The van der Waals surface area contributed by atoms with Crippen molar-refractivity contribution in [3.05, 3.63) is 0 Å². The van der Waals surface area contributed by atoms with Gasteiger partial charge in [-0.15, -0.1) is 0 Å². The third-order valence-corrected chi connectivity index (χ3v) is 3.76. The monoisotopic (exact) mass is 254 g/mol. The second-order valence-corrected chi connectivity index (χ2v) is 4.83. The van der Waals surface area contributed by atoms with E-state index in [9.17, 15) is 14.4 Å². The number of imide groups is 1. The lowest BCUT2D eigenvalue weighted by atomic mass is 9.71. The van der Waals surface area contributed by atoms with Gasteiger partial charge in [-0.3, -0.25) is 14.9 Å². The minimum Gasteiger partial charge on any atom is -0.466 e. The summed E-state index contributed by atoms with van der Waals surface area (Å²) in [5.41, 5.74) is -0.901. The van der Waals surface area contributed by atoms with E-state index in [1.165, 1.54) is 0 Å². The first-order valence-corrected chi connectivity index (χ1v) is 6.37. The summed E-state index contributed by atoms with van der Waals surface area (Å²) in [5, 5.41) is 4.98. The normalized spacial score (nSPS) is 31.1. The molecule has 0 bridgehead atoms. The van der Waals surface area contributed by atoms with Crippen molar-refractivity contribution in [2.24, 2.45) is 5.92 Å². The van der Waals surface area contributed by atoms with Gasteiger partial charge in [-0.05, 0) is 19.8 Å². The molecule has 0 radical (unpaired) electrons. The summed E-state index contributed by atoms with van der Waals surface area (Å²) in [5.74, 6) is -0.782. The number of carbonyl (C=O) groups is 3. The van der Waals surface area contributed by atoms with Gasteiger partial charge in [0.2, 0.25) is 0 Å². The molecule has 0 aromatic carbocycles. The van der Waals surface area contributed by atoms with Gasteiger partial charge in [-0.1, -0.05) is 12.8 Å². The Morgan fingerprint density at radius 3 is 2.83 bits per heavy atom. The van der Waals surface area contributed by atoms with Gasteiger partial charge in [0.05, 0.1) is 13.0 Å². The Kier molecular flexibility index (Phi) is 3.54. The molecule has 6 nitrogen and oxygen atoms in total. The third kappa shape index (κ3) is 2.19. The van der Waals surface area contributed by atoms with Crippen LogP contribution in [0.25, 0.3) is 0 Å². The lowest BCUT2D eigenvalue weighted by molar-refractivity contribution is -0.146. The number of urea groups is 1. The molecule has 3 amide bonds. The van der Waals surface area contributed by atoms with E-state index >= 15 is 0 Å². The predicted molar refractivity (Wildman–Crippen MR) is 62.6 cm³/mol. The van der Waals surface area contributed by atoms with Crippen LogP contribution < -0.4 is 10.6 Å². The van der Waals surface area contributed by atoms with E-state index in [2.05, 4.69) is 10.6 Å². The van der Waals surface area contributed by atoms with E-state index in [0.29, 0.717) is 13.0 Å². The molecule has 0 aromatic heterocycles. The Hall–Kier alpha value is -1.59. The van der Waals surface area contributed by atoms with Crippen molar-refractivity contribution in [1.29, 1.82) is 0 Å². The Morgan fingerprint density at radius 2 is 2.22 bits per heavy atom. The van der Waals surface area contributed by atoms with E-state index < -0.39 is 11.6 Å². The second kappa shape index (κ2) is 4.96. The zero-order valence-corrected chi connectivity index (χ0v) is 10.5. The van der Waals surface area contributed by atoms with Gasteiger partial charge in [-0.25, -0.2) is 4.79 Å². The SMILES string of the molecule is CCOC(=O)CC1CCCCC12NC(=O)NC2=O. The summed E-state index contributed by atoms with van der Waals surface area (Å²) in [6.45, 7) is 2.08. The average molecular weight is 254 g/mol. The zero-order chi connectivity index (χ0) is 13.2. The topological polar surface area (TPSA) is 84.5 Å². The number of esters is 1. The molecule has 2 atom stereocenters. The maximum absolute atomic E-state index is 12.0. The molecule has 2 fully saturated rings. The molecule has 2 rings (SSSR count). The molecular formula is C12H18N2O4. The molecule has 2 N–H and O–H groups in total. The Labute approximate surface area is 105 Å². The van der Waals surface area contributed by atoms with Crippen LogP contribution in [0.15, 0.2) is 0 Å². The van der Waals surface area contributed by atoms with Crippen molar-refractivity contribution >= 4 is 17.9 Å². The molecular weight excluding hydrogens is 236 g/mol. The molecule has 1 spiro atoms. The van der Waals surface area contributed by atoms with Crippen LogP contribution in [0.5, 0.6) is 0 Å². The Bertz CT molecular complexity index is 382. The molecule has 18 heavy (non-hydrogen) atoms. The van der Waals surface area contributed by atoms with Crippen LogP contribution in [-0.4, -0.2) is 30.1 Å². The number of carbonyl (C=O) groups excluding carboxylic acids is 3. The number of nitrogens with one attached hydrogen (secondary N) is 2. The summed E-state index contributed by atoms with van der Waals surface area (Å²) in [7, 11) is 0. The minimum atomic E-state index is -0.901. The maximum atomic E-state index is 12.0. The van der Waals surface area contributed by atoms with E-state index in [1.54, 1.807) is 6.92 Å². The van der Waals surface area contributed by atoms with Gasteiger partial charge in [0.15, 0.2) is 0 Å². The largest absolute Gasteiger partial charge is 0.466 e. The molecule has 100 valence electrons. The number of ether oxygens (including phenoxy) is 1. The highest BCUT2D eigenvalue weighted by Gasteiger charge is 2.53. The highest BCUT2D eigenvalue weighted by atomic mass is 16.5. The summed E-state index contributed by atoms with van der Waals surface area (Å²) in [4.78, 5) is 34.9. The molecule has 1 aliphatic carbocycles. The van der Waals surface area contributed by atoms with Gasteiger partial charge in [-0.2, -0.15) is 0 Å². The minimum absolute atomic E-state index is 0.170. The van der Waals surface area contributed by atoms with E-state index in [1.807, 2.05) is 0 Å². The average Bonchev–Trinajstić information content (AvgIpc) is 2.58. The summed E-state index contributed by atoms with van der Waals surface area (Å²) in [6.07, 6.45) is 3.38. The van der Waals surface area contributed by atoms with Gasteiger partial charge >= 0.3 is 12.0 Å². The van der Waals surface area contributed by atoms with Crippen molar-refractivity contribution in [2.45, 2.75) is 44.6 Å². The van der Waals surface area contributed by atoms with Crippen LogP contribution in [0.4, 0.5) is 4.79 Å². The van der Waals surface area contributed by atoms with E-state index in [0.717, 1.165) is 19.3 Å². The highest BCUT2D eigenvalue weighted by molar-refractivity contribution is 6.07. The predicted octanol–water partition coefficient (Wildman–Crippen LogP) is 0.708. The van der Waals surface area contributed by atoms with Crippen molar-refractivity contribution < 1.29 is 19.1 Å². The number of amides is 3. The first kappa shape index (κ1) is 12.9. The van der Waals surface area contributed by atoms with Crippen molar-refractivity contribution in [3.8, 4) is 0 Å². The van der Waals surface area contributed by atoms with Crippen LogP contribution in [0.3, 0.4) is 0 Å². The lowest BCUT2D eigenvalue weighted by Crippen LogP contribution is -2.55. The number of rotatable bonds is 3. The molecule has 1 saturated heterocycles. The van der Waals surface area contributed by atoms with Crippen LogP contribution in [0.1, 0.15) is 39.0 Å². The van der Waals surface area contributed by atoms with Gasteiger partial charge in [0.25, 0.3) is 5.91 Å². The third-order valence-electron chi connectivity index (χ3n) is 3.76. The van der Waals surface area contributed by atoms with E-state index in [-0.39, 0.29) is 24.2 Å². The first-order valence-electron chi connectivity index (χ1n) is 6.37. The lowest BCUT2D eigenvalue weighted by Gasteiger charge is -2.38. The second-order valence-electron chi connectivity index (χ2n) is 4.83. The summed E-state index contributed by atoms with van der Waals surface area (Å²) < 4.78 is 4.93. The molecule has 2 aliphatic rings. The maximum Gasteiger partial charge on any atom is 0.322 e. The first-order chi connectivity index (χ1) is 8.58. The van der Waals surface area contributed by atoms with Crippen LogP contribution >= 0.6 is 0 Å². The molecule has 2 unspecified atom stereocenters. The number of hydrogen-bond donors (Lipinski definition) is 2. The molecule has 1 heterocycles. The Balaban J connectivity index is 2.13. The Morgan fingerprint density at radius 1 is 1.44 bits per heavy atom. The van der Waals surface area contributed by atoms with Crippen molar-refractivity contribution in [3.63, 3.8) is 0 Å². The van der Waals surface area contributed by atoms with Gasteiger partial charge in [0, 0.05) is 5.92 Å². The van der Waals surface area contributed by atoms with Crippen LogP contribution in [0, 0.1) is 5.92 Å². The fourth-order valence-electron chi connectivity index (χ4n) is 2.91. The van der Waals surface area contributed by atoms with Crippen molar-refractivity contribution in [1.82, 2.24) is 10.6 Å². The summed E-state index contributed by atoms with van der Waals surface area (Å²) in [6, 6.07) is -0.462. The number of hydrogen-bond acceptors (Lipinski definition) is 4. The van der Waals surface area contributed by atoms with E-state index in [4.69, 9.17) is 4.74 Å². The van der Waals surface area contributed by atoms with Gasteiger partial charge < -0.3 is 10.1 Å². The molecule has 1 aliphatic heterocycles. The summed E-state index contributed by atoms with van der Waals surface area (Å²) >= 11 is 0. The molecule has 6 heteroatoms. The van der Waals surface area contributed by atoms with Gasteiger partial charge in [0.1, 0.15) is 5.54 Å². The fraction of sp³-hybridized carbons (Fsp3) is 0.750. The smallest absolute Gasteiger partial charge is 0.322 e. The standard InChI is InChI=1S/C12H18N2O4/c1-2-18-9(15)7-8-5-3-4-6-12(8)10(16)13-11(17)14-12/h8H,2-7H2,1H3,(H2,13,14,16,17). The molecule has 0 aromatic rings. The van der Waals surface area contributed by atoms with Crippen LogP contribution in [-0.2, 0) is 14.3 Å². The molecule has 1 saturated carbocycles. The fourth-order valence-corrected chi connectivity index (χ4v) is 2.91. The quantitative estimate of drug-likeness (QED) is 0.573. The van der Waals surface area contributed by atoms with Crippen LogP contribution in [0.2, 0.25) is 0 Å². The highest BCUT2D eigenvalue weighted by Crippen LogP contribution is 2.38. The zero-order valence-electron chi connectivity index (χ0n) is 10.5. The van der Waals surface area contributed by atoms with Crippen molar-refractivity contribution in [2.75, 3.05) is 6.61 Å².